The van der Waals surface area contributed by atoms with Gasteiger partial charge in [0, 0.05) is 0 Å². The lowest BCUT2D eigenvalue weighted by molar-refractivity contribution is -0.125. The van der Waals surface area contributed by atoms with E-state index in [4.69, 9.17) is 5.73 Å². The molecule has 0 aliphatic heterocycles. The fourth-order valence-electron chi connectivity index (χ4n) is 3.04. The van der Waals surface area contributed by atoms with Crippen molar-refractivity contribution in [3.8, 4) is 0 Å². The van der Waals surface area contributed by atoms with Gasteiger partial charge in [-0.2, -0.15) is 0 Å². The lowest BCUT2D eigenvalue weighted by Crippen LogP contribution is -2.57. The molecule has 2 rings (SSSR count). The SMILES string of the molecule is CCCNC1(C(N)=O)CCC(c2ccccc2)CC1. The number of carbonyl (C=O) groups excluding carboxylic acids is 1. The smallest absolute Gasteiger partial charge is 0.237 e. The summed E-state index contributed by atoms with van der Waals surface area (Å²) in [5, 5.41) is 3.38. The van der Waals surface area contributed by atoms with Crippen molar-refractivity contribution in [3.05, 3.63) is 35.9 Å². The number of carbonyl (C=O) groups is 1. The Balaban J connectivity index is 2.02. The highest BCUT2D eigenvalue weighted by Crippen LogP contribution is 2.37. The van der Waals surface area contributed by atoms with E-state index in [0.717, 1.165) is 38.6 Å². The maximum atomic E-state index is 11.8. The Morgan fingerprint density at radius 3 is 2.47 bits per heavy atom. The summed E-state index contributed by atoms with van der Waals surface area (Å²) in [6.07, 6.45) is 4.79. The normalized spacial score (nSPS) is 27.1. The molecule has 3 nitrogen and oxygen atoms in total. The minimum absolute atomic E-state index is 0.188. The molecular weight excluding hydrogens is 236 g/mol. The second kappa shape index (κ2) is 6.20. The van der Waals surface area contributed by atoms with Crippen LogP contribution in [0.3, 0.4) is 0 Å². The van der Waals surface area contributed by atoms with Gasteiger partial charge in [-0.1, -0.05) is 37.3 Å². The summed E-state index contributed by atoms with van der Waals surface area (Å²) in [6.45, 7) is 2.97. The predicted molar refractivity (Wildman–Crippen MR) is 77.9 cm³/mol. The standard InChI is InChI=1S/C16H24N2O/c1-2-12-18-16(15(17)19)10-8-14(9-11-16)13-6-4-3-5-7-13/h3-7,14,18H,2,8-12H2,1H3,(H2,17,19). The second-order valence-electron chi connectivity index (χ2n) is 5.56. The van der Waals surface area contributed by atoms with Gasteiger partial charge in [0.1, 0.15) is 0 Å². The number of benzene rings is 1. The molecular formula is C16H24N2O. The van der Waals surface area contributed by atoms with Crippen LogP contribution in [0.1, 0.15) is 50.5 Å². The maximum Gasteiger partial charge on any atom is 0.237 e. The highest BCUT2D eigenvalue weighted by molar-refractivity contribution is 5.84. The summed E-state index contributed by atoms with van der Waals surface area (Å²) in [5.74, 6) is 0.379. The minimum Gasteiger partial charge on any atom is -0.368 e. The first-order valence-electron chi connectivity index (χ1n) is 7.28. The van der Waals surface area contributed by atoms with E-state index in [1.54, 1.807) is 0 Å². The molecule has 0 saturated heterocycles. The Morgan fingerprint density at radius 1 is 1.32 bits per heavy atom. The molecule has 3 heteroatoms. The molecule has 1 aliphatic rings. The zero-order valence-electron chi connectivity index (χ0n) is 11.7. The van der Waals surface area contributed by atoms with E-state index in [1.807, 2.05) is 6.07 Å². The number of amides is 1. The summed E-state index contributed by atoms with van der Waals surface area (Å²) >= 11 is 0. The van der Waals surface area contributed by atoms with Crippen LogP contribution in [0.4, 0.5) is 0 Å². The van der Waals surface area contributed by atoms with E-state index in [9.17, 15) is 4.79 Å². The molecule has 1 aliphatic carbocycles. The van der Waals surface area contributed by atoms with Crippen molar-refractivity contribution in [1.82, 2.24) is 5.32 Å². The summed E-state index contributed by atoms with van der Waals surface area (Å²) in [6, 6.07) is 10.6. The molecule has 1 saturated carbocycles. The van der Waals surface area contributed by atoms with E-state index in [2.05, 4.69) is 36.5 Å². The first-order valence-corrected chi connectivity index (χ1v) is 7.28. The molecule has 104 valence electrons. The molecule has 0 heterocycles. The van der Waals surface area contributed by atoms with Crippen molar-refractivity contribution in [1.29, 1.82) is 0 Å². The lowest BCUT2D eigenvalue weighted by atomic mass is 9.73. The van der Waals surface area contributed by atoms with Crippen LogP contribution in [0.2, 0.25) is 0 Å². The number of hydrogen-bond donors (Lipinski definition) is 2. The zero-order chi connectivity index (χ0) is 13.7. The average Bonchev–Trinajstić information content (AvgIpc) is 2.46. The molecule has 3 N–H and O–H groups in total. The maximum absolute atomic E-state index is 11.8. The molecule has 0 unspecified atom stereocenters. The van der Waals surface area contributed by atoms with Crippen molar-refractivity contribution in [3.63, 3.8) is 0 Å². The van der Waals surface area contributed by atoms with Crippen LogP contribution in [0, 0.1) is 0 Å². The van der Waals surface area contributed by atoms with Gasteiger partial charge in [0.05, 0.1) is 5.54 Å². The molecule has 1 aromatic rings. The molecule has 19 heavy (non-hydrogen) atoms. The summed E-state index contributed by atoms with van der Waals surface area (Å²) in [4.78, 5) is 11.8. The van der Waals surface area contributed by atoms with Crippen LogP contribution in [0.5, 0.6) is 0 Å². The fourth-order valence-corrected chi connectivity index (χ4v) is 3.04. The lowest BCUT2D eigenvalue weighted by Gasteiger charge is -2.38. The van der Waals surface area contributed by atoms with Crippen molar-refractivity contribution in [2.75, 3.05) is 6.54 Å². The molecule has 0 atom stereocenters. The summed E-state index contributed by atoms with van der Waals surface area (Å²) < 4.78 is 0. The third-order valence-electron chi connectivity index (χ3n) is 4.30. The van der Waals surface area contributed by atoms with Crippen LogP contribution >= 0.6 is 0 Å². The Bertz CT molecular complexity index is 408. The third kappa shape index (κ3) is 3.16. The van der Waals surface area contributed by atoms with Crippen molar-refractivity contribution in [2.24, 2.45) is 5.73 Å². The van der Waals surface area contributed by atoms with E-state index >= 15 is 0 Å². The van der Waals surface area contributed by atoms with Crippen LogP contribution in [-0.4, -0.2) is 18.0 Å². The quantitative estimate of drug-likeness (QED) is 0.855. The molecule has 1 fully saturated rings. The first-order chi connectivity index (χ1) is 9.18. The largest absolute Gasteiger partial charge is 0.368 e. The molecule has 0 radical (unpaired) electrons. The fraction of sp³-hybridized carbons (Fsp3) is 0.562. The Labute approximate surface area is 115 Å². The monoisotopic (exact) mass is 260 g/mol. The molecule has 1 amide bonds. The van der Waals surface area contributed by atoms with Gasteiger partial charge in [-0.3, -0.25) is 4.79 Å². The topological polar surface area (TPSA) is 55.1 Å². The molecule has 0 spiro atoms. The number of hydrogen-bond acceptors (Lipinski definition) is 2. The summed E-state index contributed by atoms with van der Waals surface area (Å²) in [7, 11) is 0. The number of nitrogens with two attached hydrogens (primary N) is 1. The van der Waals surface area contributed by atoms with Crippen molar-refractivity contribution in [2.45, 2.75) is 50.5 Å². The highest BCUT2D eigenvalue weighted by Gasteiger charge is 2.39. The van der Waals surface area contributed by atoms with Gasteiger partial charge in [-0.05, 0) is 50.1 Å². The average molecular weight is 260 g/mol. The Hall–Kier alpha value is -1.35. The van der Waals surface area contributed by atoms with Crippen LogP contribution in [0.15, 0.2) is 30.3 Å². The van der Waals surface area contributed by atoms with E-state index in [-0.39, 0.29) is 5.91 Å². The van der Waals surface area contributed by atoms with Gasteiger partial charge in [0.15, 0.2) is 0 Å². The predicted octanol–water partition coefficient (Wildman–Crippen LogP) is 2.57. The van der Waals surface area contributed by atoms with Crippen LogP contribution in [-0.2, 0) is 4.79 Å². The second-order valence-corrected chi connectivity index (χ2v) is 5.56. The Morgan fingerprint density at radius 2 is 1.95 bits per heavy atom. The summed E-state index contributed by atoms with van der Waals surface area (Å²) in [5.41, 5.74) is 6.54. The number of rotatable bonds is 5. The first kappa shape index (κ1) is 14.1. The van der Waals surface area contributed by atoms with Crippen LogP contribution in [0.25, 0.3) is 0 Å². The van der Waals surface area contributed by atoms with Gasteiger partial charge in [-0.25, -0.2) is 0 Å². The van der Waals surface area contributed by atoms with Gasteiger partial charge in [-0.15, -0.1) is 0 Å². The third-order valence-corrected chi connectivity index (χ3v) is 4.30. The number of nitrogens with one attached hydrogen (secondary N) is 1. The molecule has 1 aromatic carbocycles. The highest BCUT2D eigenvalue weighted by atomic mass is 16.1. The van der Waals surface area contributed by atoms with E-state index < -0.39 is 5.54 Å². The minimum atomic E-state index is -0.471. The Kier molecular flexibility index (Phi) is 4.59. The number of primary amides is 1. The van der Waals surface area contributed by atoms with Crippen LogP contribution < -0.4 is 11.1 Å². The van der Waals surface area contributed by atoms with E-state index in [1.165, 1.54) is 5.56 Å². The van der Waals surface area contributed by atoms with Crippen molar-refractivity contribution < 1.29 is 4.79 Å². The van der Waals surface area contributed by atoms with Gasteiger partial charge < -0.3 is 11.1 Å². The van der Waals surface area contributed by atoms with Gasteiger partial charge in [0.25, 0.3) is 0 Å². The van der Waals surface area contributed by atoms with Crippen molar-refractivity contribution >= 4 is 5.91 Å². The molecule has 0 bridgehead atoms. The molecule has 0 aromatic heterocycles. The van der Waals surface area contributed by atoms with Gasteiger partial charge in [0.2, 0.25) is 5.91 Å². The van der Waals surface area contributed by atoms with Gasteiger partial charge >= 0.3 is 0 Å². The van der Waals surface area contributed by atoms with E-state index in [0.29, 0.717) is 5.92 Å². The zero-order valence-corrected chi connectivity index (χ0v) is 11.7.